The van der Waals surface area contributed by atoms with Crippen LogP contribution in [0.3, 0.4) is 0 Å². The predicted octanol–water partition coefficient (Wildman–Crippen LogP) is 2.94. The van der Waals surface area contributed by atoms with Gasteiger partial charge in [-0.1, -0.05) is 22.9 Å². The number of urea groups is 1. The van der Waals surface area contributed by atoms with E-state index in [1.54, 1.807) is 0 Å². The van der Waals surface area contributed by atoms with Gasteiger partial charge in [0.2, 0.25) is 5.13 Å². The van der Waals surface area contributed by atoms with Crippen molar-refractivity contribution in [3.63, 3.8) is 0 Å². The van der Waals surface area contributed by atoms with Crippen LogP contribution in [0.1, 0.15) is 6.42 Å². The number of carboxylic acid groups (broad SMARTS) is 1. The van der Waals surface area contributed by atoms with Gasteiger partial charge < -0.3 is 10.0 Å². The van der Waals surface area contributed by atoms with Gasteiger partial charge >= 0.3 is 12.0 Å². The third kappa shape index (κ3) is 3.46. The number of nitrogens with zero attached hydrogens (tertiary/aromatic N) is 3. The minimum atomic E-state index is -0.915. The summed E-state index contributed by atoms with van der Waals surface area (Å²) in [5.41, 5.74) is 0.240. The Morgan fingerprint density at radius 2 is 2.21 bits per heavy atom. The molecule has 1 saturated heterocycles. The van der Waals surface area contributed by atoms with E-state index >= 15 is 0 Å². The zero-order chi connectivity index (χ0) is 17.3. The van der Waals surface area contributed by atoms with Gasteiger partial charge in [-0.3, -0.25) is 10.1 Å². The Bertz CT molecular complexity index is 800. The number of rotatable bonds is 3. The number of anilines is 1. The summed E-state index contributed by atoms with van der Waals surface area (Å²) in [7, 11) is 0. The van der Waals surface area contributed by atoms with Crippen molar-refractivity contribution in [1.29, 1.82) is 0 Å². The molecule has 1 aliphatic heterocycles. The summed E-state index contributed by atoms with van der Waals surface area (Å²) in [6, 6.07) is 3.75. The van der Waals surface area contributed by atoms with E-state index in [-0.39, 0.29) is 22.3 Å². The fraction of sp³-hybridized carbons (Fsp3) is 0.286. The maximum Gasteiger partial charge on any atom is 0.323 e. The van der Waals surface area contributed by atoms with Crippen LogP contribution in [0.2, 0.25) is 5.02 Å². The molecule has 0 aliphatic carbocycles. The van der Waals surface area contributed by atoms with Crippen LogP contribution in [0.5, 0.6) is 0 Å². The minimum Gasteiger partial charge on any atom is -0.481 e. The second kappa shape index (κ2) is 6.70. The molecule has 1 aliphatic rings. The predicted molar refractivity (Wildman–Crippen MR) is 86.6 cm³/mol. The van der Waals surface area contributed by atoms with Gasteiger partial charge in [-0.05, 0) is 24.6 Å². The lowest BCUT2D eigenvalue weighted by Crippen LogP contribution is -2.33. The van der Waals surface area contributed by atoms with Crippen LogP contribution in [0, 0.1) is 11.7 Å². The van der Waals surface area contributed by atoms with Crippen molar-refractivity contribution in [2.45, 2.75) is 6.42 Å². The highest BCUT2D eigenvalue weighted by Crippen LogP contribution is 2.30. The first-order valence-electron chi connectivity index (χ1n) is 7.01. The monoisotopic (exact) mass is 370 g/mol. The average molecular weight is 371 g/mol. The molecule has 0 bridgehead atoms. The van der Waals surface area contributed by atoms with E-state index in [4.69, 9.17) is 16.7 Å². The van der Waals surface area contributed by atoms with Crippen LogP contribution in [-0.4, -0.2) is 45.3 Å². The van der Waals surface area contributed by atoms with Crippen LogP contribution in [0.15, 0.2) is 18.2 Å². The van der Waals surface area contributed by atoms with Gasteiger partial charge in [0.15, 0.2) is 5.01 Å². The number of carbonyl (C=O) groups excluding carboxylic acids is 1. The van der Waals surface area contributed by atoms with Gasteiger partial charge in [-0.15, -0.1) is 10.2 Å². The highest BCUT2D eigenvalue weighted by atomic mass is 35.5. The Hall–Kier alpha value is -2.26. The van der Waals surface area contributed by atoms with E-state index in [1.165, 1.54) is 23.1 Å². The SMILES string of the molecule is O=C(O)C1CCN(C(=O)Nc2nnc(-c3ccc(Cl)cc3F)s2)C1. The molecule has 2 heterocycles. The molecule has 0 spiro atoms. The number of aromatic nitrogens is 2. The topological polar surface area (TPSA) is 95.4 Å². The molecule has 2 aromatic rings. The highest BCUT2D eigenvalue weighted by Gasteiger charge is 2.31. The maximum atomic E-state index is 13.9. The molecule has 7 nitrogen and oxygen atoms in total. The van der Waals surface area contributed by atoms with E-state index in [9.17, 15) is 14.0 Å². The fourth-order valence-corrected chi connectivity index (χ4v) is 3.28. The number of carboxylic acids is 1. The molecule has 1 atom stereocenters. The molecule has 24 heavy (non-hydrogen) atoms. The Morgan fingerprint density at radius 3 is 2.88 bits per heavy atom. The van der Waals surface area contributed by atoms with Crippen molar-refractivity contribution in [3.8, 4) is 10.6 Å². The molecule has 10 heteroatoms. The lowest BCUT2D eigenvalue weighted by Gasteiger charge is -2.14. The number of amides is 2. The van der Waals surface area contributed by atoms with E-state index in [2.05, 4.69) is 15.5 Å². The second-order valence-electron chi connectivity index (χ2n) is 5.24. The van der Waals surface area contributed by atoms with Gasteiger partial charge in [0.05, 0.1) is 5.92 Å². The second-order valence-corrected chi connectivity index (χ2v) is 6.65. The largest absolute Gasteiger partial charge is 0.481 e. The molecular weight excluding hydrogens is 359 g/mol. The molecule has 2 amide bonds. The van der Waals surface area contributed by atoms with Gasteiger partial charge in [0, 0.05) is 23.7 Å². The molecule has 1 aromatic carbocycles. The molecule has 1 aromatic heterocycles. The zero-order valence-electron chi connectivity index (χ0n) is 12.2. The van der Waals surface area contributed by atoms with Gasteiger partial charge in [-0.25, -0.2) is 9.18 Å². The zero-order valence-corrected chi connectivity index (χ0v) is 13.8. The molecule has 0 radical (unpaired) electrons. The third-order valence-corrected chi connectivity index (χ3v) is 4.73. The summed E-state index contributed by atoms with van der Waals surface area (Å²) in [6.07, 6.45) is 0.417. The number of hydrogen-bond donors (Lipinski definition) is 2. The number of halogens is 2. The van der Waals surface area contributed by atoms with Gasteiger partial charge in [-0.2, -0.15) is 0 Å². The standard InChI is InChI=1S/C14H12ClFN4O3S/c15-8-1-2-9(10(16)5-8)11-18-19-13(24-11)17-14(23)20-4-3-7(6-20)12(21)22/h1-2,5,7H,3-4,6H2,(H,21,22)(H,17,19,23). The summed E-state index contributed by atoms with van der Waals surface area (Å²) in [5.74, 6) is -1.99. The number of likely N-dealkylation sites (tertiary alicyclic amines) is 1. The number of carbonyl (C=O) groups is 2. The van der Waals surface area contributed by atoms with E-state index < -0.39 is 23.7 Å². The minimum absolute atomic E-state index is 0.151. The Balaban J connectivity index is 1.68. The normalized spacial score (nSPS) is 17.1. The van der Waals surface area contributed by atoms with Gasteiger partial charge in [0.25, 0.3) is 0 Å². The van der Waals surface area contributed by atoms with E-state index in [1.807, 2.05) is 0 Å². The van der Waals surface area contributed by atoms with Gasteiger partial charge in [0.1, 0.15) is 5.82 Å². The summed E-state index contributed by atoms with van der Waals surface area (Å²) < 4.78 is 13.9. The first-order valence-corrected chi connectivity index (χ1v) is 8.21. The molecule has 0 saturated carbocycles. The molecule has 1 unspecified atom stereocenters. The van der Waals surface area contributed by atoms with E-state index in [0.29, 0.717) is 18.0 Å². The van der Waals surface area contributed by atoms with Crippen molar-refractivity contribution in [3.05, 3.63) is 29.0 Å². The smallest absolute Gasteiger partial charge is 0.323 e. The van der Waals surface area contributed by atoms with Crippen LogP contribution < -0.4 is 5.32 Å². The summed E-state index contributed by atoms with van der Waals surface area (Å²) in [4.78, 5) is 24.4. The molecule has 2 N–H and O–H groups in total. The van der Waals surface area contributed by atoms with Crippen molar-refractivity contribution in [2.24, 2.45) is 5.92 Å². The number of benzene rings is 1. The first-order chi connectivity index (χ1) is 11.4. The molecule has 1 fully saturated rings. The number of nitrogens with one attached hydrogen (secondary N) is 1. The number of hydrogen-bond acceptors (Lipinski definition) is 5. The maximum absolute atomic E-state index is 13.9. The molecular formula is C14H12ClFN4O3S. The van der Waals surface area contributed by atoms with Crippen LogP contribution >= 0.6 is 22.9 Å². The summed E-state index contributed by atoms with van der Waals surface area (Å²) in [6.45, 7) is 0.513. The van der Waals surface area contributed by atoms with Crippen LogP contribution in [0.4, 0.5) is 14.3 Å². The Labute approximate surface area is 145 Å². The quantitative estimate of drug-likeness (QED) is 0.866. The third-order valence-electron chi connectivity index (χ3n) is 3.63. The van der Waals surface area contributed by atoms with Crippen molar-refractivity contribution in [2.75, 3.05) is 18.4 Å². The summed E-state index contributed by atoms with van der Waals surface area (Å²) >= 11 is 6.73. The average Bonchev–Trinajstić information content (AvgIpc) is 3.16. The highest BCUT2D eigenvalue weighted by molar-refractivity contribution is 7.18. The fourth-order valence-electron chi connectivity index (χ4n) is 2.36. The summed E-state index contributed by atoms with van der Waals surface area (Å²) in [5, 5.41) is 20.0. The lowest BCUT2D eigenvalue weighted by atomic mass is 10.1. The molecule has 3 rings (SSSR count). The first kappa shape index (κ1) is 16.6. The van der Waals surface area contributed by atoms with Crippen molar-refractivity contribution in [1.82, 2.24) is 15.1 Å². The van der Waals surface area contributed by atoms with Crippen LogP contribution in [-0.2, 0) is 4.79 Å². The lowest BCUT2D eigenvalue weighted by molar-refractivity contribution is -0.141. The molecule has 126 valence electrons. The van der Waals surface area contributed by atoms with Crippen molar-refractivity contribution >= 4 is 40.1 Å². The Kier molecular flexibility index (Phi) is 4.63. The Morgan fingerprint density at radius 1 is 1.42 bits per heavy atom. The number of aliphatic carboxylic acids is 1. The van der Waals surface area contributed by atoms with Crippen LogP contribution in [0.25, 0.3) is 10.6 Å². The van der Waals surface area contributed by atoms with E-state index in [0.717, 1.165) is 11.3 Å². The van der Waals surface area contributed by atoms with Crippen molar-refractivity contribution < 1.29 is 19.1 Å².